The van der Waals surface area contributed by atoms with Crippen molar-refractivity contribution in [2.75, 3.05) is 13.3 Å². The molecule has 1 aromatic rings. The van der Waals surface area contributed by atoms with E-state index in [2.05, 4.69) is 31.1 Å². The molecule has 1 aliphatic rings. The summed E-state index contributed by atoms with van der Waals surface area (Å²) in [6, 6.07) is 8.71. The minimum absolute atomic E-state index is 0.0542. The van der Waals surface area contributed by atoms with Gasteiger partial charge >= 0.3 is 6.09 Å². The molecule has 1 aliphatic heterocycles. The maximum atomic E-state index is 12.2. The van der Waals surface area contributed by atoms with Crippen LogP contribution in [0.5, 0.6) is 0 Å². The van der Waals surface area contributed by atoms with Gasteiger partial charge in [0.2, 0.25) is 5.78 Å². The number of Topliss-reactive ketones (excluding diaryl/α,β-unsaturated/α-hetero) is 1. The maximum absolute atomic E-state index is 12.2. The summed E-state index contributed by atoms with van der Waals surface area (Å²) >= 11 is 0. The second kappa shape index (κ2) is 7.44. The minimum atomic E-state index is -1.64. The predicted molar refractivity (Wildman–Crippen MR) is 89.2 cm³/mol. The highest BCUT2D eigenvalue weighted by molar-refractivity contribution is 6.84. The van der Waals surface area contributed by atoms with Crippen LogP contribution in [0.15, 0.2) is 30.3 Å². The lowest BCUT2D eigenvalue weighted by Gasteiger charge is -2.19. The third-order valence-electron chi connectivity index (χ3n) is 3.19. The van der Waals surface area contributed by atoms with Crippen molar-refractivity contribution < 1.29 is 19.1 Å². The molecule has 1 heterocycles. The number of ketones is 1. The molecule has 0 N–H and O–H groups in total. The van der Waals surface area contributed by atoms with E-state index in [-0.39, 0.29) is 25.7 Å². The van der Waals surface area contributed by atoms with Gasteiger partial charge in [-0.25, -0.2) is 4.79 Å². The topological polar surface area (TPSA) is 55.8 Å². The van der Waals surface area contributed by atoms with Crippen molar-refractivity contribution in [3.8, 4) is 11.5 Å². The van der Waals surface area contributed by atoms with E-state index in [4.69, 9.17) is 9.47 Å². The van der Waals surface area contributed by atoms with Gasteiger partial charge in [-0.3, -0.25) is 9.69 Å². The molecule has 1 saturated heterocycles. The van der Waals surface area contributed by atoms with E-state index in [9.17, 15) is 9.59 Å². The summed E-state index contributed by atoms with van der Waals surface area (Å²) in [6.45, 7) is 6.56. The SMILES string of the molecule is C[Si](C)(C)C#CC(=O)[C@@H]1COCN1C(=O)OCc1ccccc1. The van der Waals surface area contributed by atoms with E-state index < -0.39 is 20.2 Å². The number of hydrogen-bond donors (Lipinski definition) is 0. The molecule has 0 aromatic heterocycles. The van der Waals surface area contributed by atoms with Crippen LogP contribution in [0.4, 0.5) is 4.79 Å². The van der Waals surface area contributed by atoms with Crippen LogP contribution in [0.25, 0.3) is 0 Å². The Labute approximate surface area is 137 Å². The summed E-state index contributed by atoms with van der Waals surface area (Å²) in [4.78, 5) is 25.7. The fourth-order valence-corrected chi connectivity index (χ4v) is 2.47. The molecule has 0 unspecified atom stereocenters. The zero-order valence-electron chi connectivity index (χ0n) is 13.7. The van der Waals surface area contributed by atoms with Gasteiger partial charge in [-0.2, -0.15) is 0 Å². The molecule has 0 radical (unpaired) electrons. The van der Waals surface area contributed by atoms with Gasteiger partial charge in [0, 0.05) is 0 Å². The van der Waals surface area contributed by atoms with Crippen LogP contribution in [-0.2, 0) is 20.9 Å². The molecule has 122 valence electrons. The standard InChI is InChI=1S/C17H21NO4Si/c1-23(2,3)10-9-16(19)15-12-21-13-18(15)17(20)22-11-14-7-5-4-6-8-14/h4-8,15H,11-13H2,1-3H3/t15-/m0/s1. The summed E-state index contributed by atoms with van der Waals surface area (Å²) < 4.78 is 10.5. The Balaban J connectivity index is 1.96. The Kier molecular flexibility index (Phi) is 5.58. The van der Waals surface area contributed by atoms with Crippen LogP contribution < -0.4 is 0 Å². The Morgan fingerprint density at radius 2 is 2.00 bits per heavy atom. The van der Waals surface area contributed by atoms with E-state index in [1.54, 1.807) is 0 Å². The minimum Gasteiger partial charge on any atom is -0.444 e. The molecule has 0 spiro atoms. The lowest BCUT2D eigenvalue weighted by atomic mass is 10.2. The monoisotopic (exact) mass is 331 g/mol. The second-order valence-corrected chi connectivity index (χ2v) is 11.1. The second-order valence-electron chi connectivity index (χ2n) is 6.39. The zero-order valence-corrected chi connectivity index (χ0v) is 14.7. The van der Waals surface area contributed by atoms with Crippen molar-refractivity contribution in [3.63, 3.8) is 0 Å². The van der Waals surface area contributed by atoms with E-state index in [0.717, 1.165) is 5.56 Å². The van der Waals surface area contributed by atoms with Crippen LogP contribution in [0.2, 0.25) is 19.6 Å². The van der Waals surface area contributed by atoms with E-state index in [0.29, 0.717) is 0 Å². The molecular weight excluding hydrogens is 310 g/mol. The number of carbonyl (C=O) groups is 2. The summed E-state index contributed by atoms with van der Waals surface area (Å²) in [5, 5.41) is 0. The first-order valence-corrected chi connectivity index (χ1v) is 11.0. The van der Waals surface area contributed by atoms with Crippen molar-refractivity contribution in [3.05, 3.63) is 35.9 Å². The van der Waals surface area contributed by atoms with Crippen LogP contribution in [0.1, 0.15) is 5.56 Å². The summed E-state index contributed by atoms with van der Waals surface area (Å²) in [7, 11) is -1.64. The highest BCUT2D eigenvalue weighted by Crippen LogP contribution is 2.13. The van der Waals surface area contributed by atoms with Gasteiger partial charge in [0.15, 0.2) is 0 Å². The van der Waals surface area contributed by atoms with Gasteiger partial charge in [0.1, 0.15) is 27.5 Å². The quantitative estimate of drug-likeness (QED) is 0.630. The Morgan fingerprint density at radius 1 is 1.30 bits per heavy atom. The lowest BCUT2D eigenvalue weighted by Crippen LogP contribution is -2.41. The van der Waals surface area contributed by atoms with Gasteiger partial charge in [-0.1, -0.05) is 50.0 Å². The van der Waals surface area contributed by atoms with Gasteiger partial charge in [-0.05, 0) is 11.5 Å². The number of nitrogens with zero attached hydrogens (tertiary/aromatic N) is 1. The van der Waals surface area contributed by atoms with Crippen molar-refractivity contribution in [1.82, 2.24) is 4.90 Å². The molecular formula is C17H21NO4Si. The Bertz CT molecular complexity index is 627. The van der Waals surface area contributed by atoms with Crippen molar-refractivity contribution in [1.29, 1.82) is 0 Å². The molecule has 0 bridgehead atoms. The number of ether oxygens (including phenoxy) is 2. The third kappa shape index (κ3) is 5.23. The number of carbonyl (C=O) groups excluding carboxylic acids is 2. The molecule has 1 atom stereocenters. The Morgan fingerprint density at radius 3 is 2.65 bits per heavy atom. The third-order valence-corrected chi connectivity index (χ3v) is 4.06. The van der Waals surface area contributed by atoms with E-state index in [1.165, 1.54) is 4.90 Å². The van der Waals surface area contributed by atoms with Crippen LogP contribution >= 0.6 is 0 Å². The summed E-state index contributed by atoms with van der Waals surface area (Å²) in [6.07, 6.45) is -0.556. The normalized spacial score (nSPS) is 17.3. The Hall–Kier alpha value is -2.10. The molecule has 1 amide bonds. The zero-order chi connectivity index (χ0) is 16.9. The number of amides is 1. The molecule has 2 rings (SSSR count). The largest absolute Gasteiger partial charge is 0.444 e. The predicted octanol–water partition coefficient (Wildman–Crippen LogP) is 2.43. The van der Waals surface area contributed by atoms with Gasteiger partial charge < -0.3 is 9.47 Å². The molecule has 0 aliphatic carbocycles. The summed E-state index contributed by atoms with van der Waals surface area (Å²) in [5.41, 5.74) is 3.91. The number of hydrogen-bond acceptors (Lipinski definition) is 4. The smallest absolute Gasteiger partial charge is 0.412 e. The molecule has 6 heteroatoms. The average molecular weight is 331 g/mol. The molecule has 1 aromatic carbocycles. The van der Waals surface area contributed by atoms with Crippen molar-refractivity contribution in [2.45, 2.75) is 32.3 Å². The fourth-order valence-electron chi connectivity index (χ4n) is 1.97. The maximum Gasteiger partial charge on any atom is 0.412 e. The molecule has 0 saturated carbocycles. The van der Waals surface area contributed by atoms with Gasteiger partial charge in [0.25, 0.3) is 0 Å². The van der Waals surface area contributed by atoms with Crippen LogP contribution in [-0.4, -0.2) is 44.2 Å². The molecule has 23 heavy (non-hydrogen) atoms. The molecule has 1 fully saturated rings. The van der Waals surface area contributed by atoms with Crippen molar-refractivity contribution in [2.24, 2.45) is 0 Å². The first-order valence-electron chi connectivity index (χ1n) is 7.49. The first kappa shape index (κ1) is 17.3. The van der Waals surface area contributed by atoms with E-state index in [1.807, 2.05) is 30.3 Å². The first-order chi connectivity index (χ1) is 10.9. The fraction of sp³-hybridized carbons (Fsp3) is 0.412. The molecule has 5 nitrogen and oxygen atoms in total. The number of benzene rings is 1. The average Bonchev–Trinajstić information content (AvgIpc) is 3.00. The highest BCUT2D eigenvalue weighted by Gasteiger charge is 2.35. The highest BCUT2D eigenvalue weighted by atomic mass is 28.3. The van der Waals surface area contributed by atoms with Gasteiger partial charge in [-0.15, -0.1) is 5.54 Å². The van der Waals surface area contributed by atoms with Gasteiger partial charge in [0.05, 0.1) is 6.61 Å². The summed E-state index contributed by atoms with van der Waals surface area (Å²) in [5.74, 6) is 2.38. The lowest BCUT2D eigenvalue weighted by molar-refractivity contribution is -0.117. The van der Waals surface area contributed by atoms with Crippen molar-refractivity contribution >= 4 is 20.0 Å². The van der Waals surface area contributed by atoms with Crippen LogP contribution in [0.3, 0.4) is 0 Å². The van der Waals surface area contributed by atoms with Crippen LogP contribution in [0, 0.1) is 11.5 Å². The van der Waals surface area contributed by atoms with E-state index >= 15 is 0 Å². The number of rotatable bonds is 3.